The standard InChI is InChI=1S/C19H31N5O2/c1-3-20-18(21-11-15(25)13-10-22-24(2)12-13)23-16-14-6-9-26-17(14)19(16)7-4-5-8-19/h10,12,14-17,25H,3-9,11H2,1-2H3,(H2,20,21,23). The summed E-state index contributed by atoms with van der Waals surface area (Å²) in [7, 11) is 1.85. The van der Waals surface area contributed by atoms with Crippen molar-refractivity contribution in [1.82, 2.24) is 20.4 Å². The van der Waals surface area contributed by atoms with Gasteiger partial charge in [-0.05, 0) is 26.2 Å². The molecule has 2 heterocycles. The van der Waals surface area contributed by atoms with Crippen LogP contribution in [-0.2, 0) is 11.8 Å². The molecule has 1 aromatic heterocycles. The molecule has 1 spiro atoms. The van der Waals surface area contributed by atoms with Crippen LogP contribution in [0.1, 0.15) is 50.7 Å². The van der Waals surface area contributed by atoms with Crippen molar-refractivity contribution in [3.05, 3.63) is 18.0 Å². The smallest absolute Gasteiger partial charge is 0.191 e. The molecule has 4 atom stereocenters. The number of aliphatic imine (C=N–C) groups is 1. The van der Waals surface area contributed by atoms with Crippen molar-refractivity contribution in [3.8, 4) is 0 Å². The number of fused-ring (bicyclic) bond motifs is 2. The fourth-order valence-corrected chi connectivity index (χ4v) is 5.27. The second-order valence-corrected chi connectivity index (χ2v) is 7.99. The van der Waals surface area contributed by atoms with Crippen LogP contribution in [0, 0.1) is 11.3 Å². The maximum Gasteiger partial charge on any atom is 0.191 e. The average Bonchev–Trinajstić information content (AvgIpc) is 3.36. The predicted octanol–water partition coefficient (Wildman–Crippen LogP) is 1.36. The van der Waals surface area contributed by atoms with E-state index >= 15 is 0 Å². The molecule has 3 aliphatic rings. The molecule has 0 bridgehead atoms. The molecular formula is C19H31N5O2. The van der Waals surface area contributed by atoms with E-state index in [1.54, 1.807) is 10.9 Å². The summed E-state index contributed by atoms with van der Waals surface area (Å²) >= 11 is 0. The third-order valence-electron chi connectivity index (χ3n) is 6.45. The van der Waals surface area contributed by atoms with Crippen molar-refractivity contribution < 1.29 is 9.84 Å². The van der Waals surface area contributed by atoms with Gasteiger partial charge in [0, 0.05) is 49.3 Å². The second-order valence-electron chi connectivity index (χ2n) is 7.99. The normalized spacial score (nSPS) is 30.9. The van der Waals surface area contributed by atoms with Crippen molar-refractivity contribution in [2.24, 2.45) is 23.4 Å². The topological polar surface area (TPSA) is 83.7 Å². The lowest BCUT2D eigenvalue weighted by molar-refractivity contribution is -0.125. The number of aliphatic hydroxyl groups is 1. The molecule has 3 N–H and O–H groups in total. The summed E-state index contributed by atoms with van der Waals surface area (Å²) in [5, 5.41) is 21.5. The van der Waals surface area contributed by atoms with E-state index in [2.05, 4.69) is 27.6 Å². The van der Waals surface area contributed by atoms with E-state index < -0.39 is 6.10 Å². The molecule has 4 unspecified atom stereocenters. The van der Waals surface area contributed by atoms with E-state index in [1.165, 1.54) is 25.7 Å². The highest BCUT2D eigenvalue weighted by Gasteiger charge is 2.65. The molecule has 0 aromatic carbocycles. The first kappa shape index (κ1) is 17.8. The highest BCUT2D eigenvalue weighted by Crippen LogP contribution is 2.60. The molecule has 0 radical (unpaired) electrons. The largest absolute Gasteiger partial charge is 0.386 e. The van der Waals surface area contributed by atoms with Gasteiger partial charge in [-0.25, -0.2) is 0 Å². The summed E-state index contributed by atoms with van der Waals surface area (Å²) in [6.45, 7) is 4.09. The van der Waals surface area contributed by atoms with E-state index in [9.17, 15) is 5.11 Å². The van der Waals surface area contributed by atoms with Crippen molar-refractivity contribution in [2.75, 3.05) is 19.7 Å². The molecule has 1 saturated heterocycles. The van der Waals surface area contributed by atoms with Gasteiger partial charge in [0.05, 0.1) is 18.8 Å². The number of aryl methyl sites for hydroxylation is 1. The van der Waals surface area contributed by atoms with E-state index in [-0.39, 0.29) is 0 Å². The summed E-state index contributed by atoms with van der Waals surface area (Å²) in [5.74, 6) is 1.40. The van der Waals surface area contributed by atoms with Gasteiger partial charge in [0.15, 0.2) is 5.96 Å². The van der Waals surface area contributed by atoms with Gasteiger partial charge >= 0.3 is 0 Å². The maximum atomic E-state index is 10.4. The number of rotatable bonds is 5. The third kappa shape index (κ3) is 3.01. The first-order valence-electron chi connectivity index (χ1n) is 9.97. The predicted molar refractivity (Wildman–Crippen MR) is 99.8 cm³/mol. The van der Waals surface area contributed by atoms with Gasteiger partial charge in [0.1, 0.15) is 6.10 Å². The molecule has 0 amide bonds. The molecule has 2 saturated carbocycles. The highest BCUT2D eigenvalue weighted by molar-refractivity contribution is 5.80. The Morgan fingerprint density at radius 2 is 2.31 bits per heavy atom. The fraction of sp³-hybridized carbons (Fsp3) is 0.789. The summed E-state index contributed by atoms with van der Waals surface area (Å²) in [5.41, 5.74) is 1.09. The van der Waals surface area contributed by atoms with Crippen molar-refractivity contribution in [1.29, 1.82) is 0 Å². The van der Waals surface area contributed by atoms with Crippen LogP contribution < -0.4 is 10.6 Å². The molecule has 1 aromatic rings. The Bertz CT molecular complexity index is 652. The second kappa shape index (κ2) is 7.19. The Hall–Kier alpha value is -1.60. The molecule has 4 rings (SSSR count). The maximum absolute atomic E-state index is 10.4. The van der Waals surface area contributed by atoms with Gasteiger partial charge in [-0.2, -0.15) is 5.10 Å². The number of nitrogens with zero attached hydrogens (tertiary/aromatic N) is 3. The Kier molecular flexibility index (Phi) is 4.92. The zero-order chi connectivity index (χ0) is 18.1. The van der Waals surface area contributed by atoms with Crippen molar-refractivity contribution in [2.45, 2.75) is 57.3 Å². The molecule has 2 aliphatic carbocycles. The lowest BCUT2D eigenvalue weighted by Crippen LogP contribution is -2.69. The van der Waals surface area contributed by atoms with Gasteiger partial charge in [-0.15, -0.1) is 0 Å². The highest BCUT2D eigenvalue weighted by atomic mass is 16.5. The van der Waals surface area contributed by atoms with E-state index in [0.717, 1.165) is 31.1 Å². The number of hydrogen-bond donors (Lipinski definition) is 3. The fourth-order valence-electron chi connectivity index (χ4n) is 5.27. The summed E-state index contributed by atoms with van der Waals surface area (Å²) in [6, 6.07) is 0.436. The van der Waals surface area contributed by atoms with Gasteiger partial charge in [0.25, 0.3) is 0 Å². The van der Waals surface area contributed by atoms with Gasteiger partial charge in [-0.3, -0.25) is 9.67 Å². The Labute approximate surface area is 155 Å². The molecule has 26 heavy (non-hydrogen) atoms. The first-order chi connectivity index (χ1) is 12.6. The van der Waals surface area contributed by atoms with E-state index in [1.807, 2.05) is 13.2 Å². The van der Waals surface area contributed by atoms with Gasteiger partial charge in [-0.1, -0.05) is 12.8 Å². The minimum Gasteiger partial charge on any atom is -0.386 e. The number of nitrogens with one attached hydrogen (secondary N) is 2. The molecule has 144 valence electrons. The van der Waals surface area contributed by atoms with Crippen LogP contribution in [0.3, 0.4) is 0 Å². The van der Waals surface area contributed by atoms with E-state index in [4.69, 9.17) is 4.74 Å². The summed E-state index contributed by atoms with van der Waals surface area (Å²) in [4.78, 5) is 4.66. The monoisotopic (exact) mass is 361 g/mol. The number of hydrogen-bond acceptors (Lipinski definition) is 4. The third-order valence-corrected chi connectivity index (χ3v) is 6.45. The lowest BCUT2D eigenvalue weighted by Gasteiger charge is -2.57. The van der Waals surface area contributed by atoms with Crippen LogP contribution in [0.4, 0.5) is 0 Å². The number of aliphatic hydroxyl groups excluding tert-OH is 1. The SMILES string of the molecule is CCNC(=NCC(O)c1cnn(C)c1)NC1C2CCOC2C12CCCC2. The van der Waals surface area contributed by atoms with Crippen molar-refractivity contribution in [3.63, 3.8) is 0 Å². The quantitative estimate of drug-likeness (QED) is 0.545. The average molecular weight is 361 g/mol. The van der Waals surface area contributed by atoms with E-state index in [0.29, 0.717) is 30.0 Å². The Morgan fingerprint density at radius 1 is 1.50 bits per heavy atom. The minimum absolute atomic E-state index is 0.291. The zero-order valence-corrected chi connectivity index (χ0v) is 15.8. The zero-order valence-electron chi connectivity index (χ0n) is 15.8. The van der Waals surface area contributed by atoms with Crippen LogP contribution in [0.2, 0.25) is 0 Å². The minimum atomic E-state index is -0.636. The lowest BCUT2D eigenvalue weighted by atomic mass is 9.54. The molecular weight excluding hydrogens is 330 g/mol. The summed E-state index contributed by atoms with van der Waals surface area (Å²) < 4.78 is 7.77. The molecule has 1 aliphatic heterocycles. The number of aromatic nitrogens is 2. The van der Waals surface area contributed by atoms with Gasteiger partial charge in [0.2, 0.25) is 0 Å². The van der Waals surface area contributed by atoms with Crippen LogP contribution >= 0.6 is 0 Å². The Morgan fingerprint density at radius 3 is 3.00 bits per heavy atom. The van der Waals surface area contributed by atoms with Crippen LogP contribution in [0.15, 0.2) is 17.4 Å². The van der Waals surface area contributed by atoms with Crippen LogP contribution in [0.5, 0.6) is 0 Å². The van der Waals surface area contributed by atoms with Crippen LogP contribution in [-0.4, -0.2) is 52.7 Å². The molecule has 7 nitrogen and oxygen atoms in total. The Balaban J connectivity index is 1.44. The molecule has 7 heteroatoms. The molecule has 3 fully saturated rings. The number of guanidine groups is 1. The summed E-state index contributed by atoms with van der Waals surface area (Å²) in [6.07, 6.45) is 9.58. The van der Waals surface area contributed by atoms with Gasteiger partial charge < -0.3 is 20.5 Å². The van der Waals surface area contributed by atoms with Crippen molar-refractivity contribution >= 4 is 5.96 Å². The number of ether oxygens (including phenoxy) is 1. The first-order valence-corrected chi connectivity index (χ1v) is 9.97. The van der Waals surface area contributed by atoms with Crippen LogP contribution in [0.25, 0.3) is 0 Å².